The molecule has 12 aromatic carbocycles. The van der Waals surface area contributed by atoms with Gasteiger partial charge >= 0.3 is 0 Å². The van der Waals surface area contributed by atoms with E-state index in [2.05, 4.69) is 348 Å². The molecule has 16 unspecified atom stereocenters. The molecule has 9 nitrogen and oxygen atoms in total. The van der Waals surface area contributed by atoms with Gasteiger partial charge in [0, 0.05) is 59.9 Å². The van der Waals surface area contributed by atoms with E-state index in [9.17, 15) is 16.8 Å². The van der Waals surface area contributed by atoms with Crippen LogP contribution in [0.1, 0.15) is 18.6 Å². The summed E-state index contributed by atoms with van der Waals surface area (Å²) in [6.45, 7) is -0.252. The summed E-state index contributed by atoms with van der Waals surface area (Å²) in [4.78, 5) is 0.799. The van der Waals surface area contributed by atoms with Crippen LogP contribution in [0.2, 0.25) is 0 Å². The highest BCUT2D eigenvalue weighted by atomic mass is 79.9. The second-order valence-electron chi connectivity index (χ2n) is 25.9. The Labute approximate surface area is 741 Å². The molecule has 18 rings (SSSR count). The largest absolute Gasteiger partial charge is 0.455 e. The first-order valence-corrected chi connectivity index (χ1v) is 92.1. The molecule has 116 heavy (non-hydrogen) atoms. The molecular formula is C74H82BrN3O6P30S2. The van der Waals surface area contributed by atoms with Crippen LogP contribution in [-0.4, -0.2) is 30.5 Å². The predicted molar refractivity (Wildman–Crippen MR) is 601 cm³/mol. The first-order chi connectivity index (χ1) is 55.1. The number of fused-ring (bicyclic) bond motifs is 16. The molecule has 0 bridgehead atoms. The van der Waals surface area contributed by atoms with Gasteiger partial charge in [-0.05, 0) is 242 Å². The Morgan fingerprint density at radius 2 is 0.560 bits per heavy atom. The lowest BCUT2D eigenvalue weighted by molar-refractivity contribution is 0.442. The fourth-order valence-electron chi connectivity index (χ4n) is 14.4. The summed E-state index contributed by atoms with van der Waals surface area (Å²) in [5, 5.41) is 7.30. The van der Waals surface area contributed by atoms with E-state index < -0.39 is 19.7 Å². The lowest BCUT2D eigenvalue weighted by Crippen LogP contribution is -2.11. The van der Waals surface area contributed by atoms with Crippen LogP contribution < -0.4 is 9.47 Å². The van der Waals surface area contributed by atoms with Crippen molar-refractivity contribution in [2.24, 2.45) is 0 Å². The molecule has 0 spiro atoms. The van der Waals surface area contributed by atoms with Crippen LogP contribution in [0.25, 0.3) is 93.6 Å². The SMILES string of the molecule is C.O=S1(=O)c2ccccc2Oc2cc(-n3c4ccccc4c4cc(-n5c6ccccc6c6ccccc65)ccc43)ccc21.O=S1(=O)c2ccccc2Oc2cc(Br)ccc21.PP(P)P(P(P)P)P(P(P(P)P)P(P)P)P(P(P(P)P)P(P)P)P(P(P)P)P(P)P.c1ccc2c(c1)Cc1ccc(-n3c4ccccc4c4ccccc43)cc1-2. The van der Waals surface area contributed by atoms with Gasteiger partial charge in [-0.25, -0.2) is 16.8 Å². The normalized spacial score (nSPS) is 13.8. The molecule has 0 N–H and O–H groups in total. The smallest absolute Gasteiger partial charge is 0.213 e. The van der Waals surface area contributed by atoms with Crippen molar-refractivity contribution in [3.05, 3.63) is 283 Å². The monoisotopic (exact) mass is 2180 g/mol. The van der Waals surface area contributed by atoms with E-state index in [-0.39, 0.29) is 125 Å². The number of para-hydroxylation sites is 7. The number of rotatable bonds is 16. The van der Waals surface area contributed by atoms with Crippen molar-refractivity contribution < 1.29 is 26.3 Å². The van der Waals surface area contributed by atoms with Crippen LogP contribution >= 0.6 is 257 Å². The van der Waals surface area contributed by atoms with Crippen molar-refractivity contribution in [2.75, 3.05) is 0 Å². The zero-order valence-corrected chi connectivity index (χ0v) is 94.8. The van der Waals surface area contributed by atoms with E-state index in [1.165, 1.54) is 60.5 Å². The van der Waals surface area contributed by atoms with Crippen molar-refractivity contribution in [1.29, 1.82) is 0 Å². The van der Waals surface area contributed by atoms with Crippen LogP contribution in [0.3, 0.4) is 0 Å². The summed E-state index contributed by atoms with van der Waals surface area (Å²) in [6.07, 6.45) is 1.04. The minimum absolute atomic E-state index is 0. The Morgan fingerprint density at radius 3 is 0.974 bits per heavy atom. The van der Waals surface area contributed by atoms with Crippen LogP contribution in [0.15, 0.2) is 291 Å². The second-order valence-corrected chi connectivity index (χ2v) is 152. The molecule has 5 heterocycles. The van der Waals surface area contributed by atoms with Gasteiger partial charge in [0.05, 0.1) is 33.1 Å². The van der Waals surface area contributed by atoms with Gasteiger partial charge in [-0.15, -0.1) is 143 Å². The highest BCUT2D eigenvalue weighted by Crippen LogP contribution is 3.38. The van der Waals surface area contributed by atoms with Crippen molar-refractivity contribution in [3.8, 4) is 51.2 Å². The number of sulfone groups is 2. The fourth-order valence-corrected chi connectivity index (χ4v) is 416. The Morgan fingerprint density at radius 1 is 0.267 bits per heavy atom. The number of ether oxygens (including phenoxy) is 2. The van der Waals surface area contributed by atoms with Crippen LogP contribution in [-0.2, 0) is 26.1 Å². The molecular weight excluding hydrogens is 2100 g/mol. The minimum atomic E-state index is -3.68. The molecule has 0 saturated heterocycles. The van der Waals surface area contributed by atoms with E-state index >= 15 is 0 Å². The van der Waals surface area contributed by atoms with E-state index in [0.29, 0.717) is 23.0 Å². The van der Waals surface area contributed by atoms with Crippen LogP contribution in [0.4, 0.5) is 0 Å². The fraction of sp³-hybridized carbons (Fsp3) is 0.0270. The molecule has 16 atom stereocenters. The number of hydrogen-bond acceptors (Lipinski definition) is 6. The molecule has 15 aromatic rings. The lowest BCUT2D eigenvalue weighted by Gasteiger charge is -2.52. The lowest BCUT2D eigenvalue weighted by atomic mass is 10.1. The van der Waals surface area contributed by atoms with Crippen LogP contribution in [0, 0.1) is 0 Å². The van der Waals surface area contributed by atoms with Crippen molar-refractivity contribution in [1.82, 2.24) is 13.7 Å². The number of halogens is 1. The predicted octanol–water partition coefficient (Wildman–Crippen LogP) is 36.5. The molecule has 0 amide bonds. The number of hydrogen-bond donors (Lipinski definition) is 0. The highest BCUT2D eigenvalue weighted by molar-refractivity contribution is 9.44. The third-order valence-corrected chi connectivity index (χ3v) is 219. The molecule has 3 aromatic heterocycles. The zero-order chi connectivity index (χ0) is 81.2. The average molecular weight is 2180 g/mol. The Hall–Kier alpha value is 2.92. The number of benzene rings is 12. The van der Waals surface area contributed by atoms with Gasteiger partial charge in [-0.3, -0.25) is 0 Å². The van der Waals surface area contributed by atoms with Gasteiger partial charge in [0.2, 0.25) is 19.7 Å². The standard InChI is InChI=1S/C36H22N2O3S.C25H17N.C12H7BrO3S.CH4.H32P30/c39-42(40)35-16-8-7-15-33(35)41-34-22-24(18-20-36(34)42)38-31-14-6-3-11-27(31)28-21-23(17-19-32(28)38)37-29-12-4-1-9-25(29)26-10-2-5-13-30(26)37;1-2-8-20-17(7-1)15-18-13-14-19(16-23(18)20)26-24-11-5-3-9-21(24)22-10-4-6-12-25(22)26;13-8-5-6-12-10(7-8)16-9-3-1-2-4-11(9)17(12,14)15;;1-17(2)25(18(3)4)29(26(19(5)6)20(7)8)30(27(21(9)10)22(11)12)28(23(13)14)24(15)16/h1-22H;1-14,16H,15H2;1-7H;1H4;1-16H2. The quantitative estimate of drug-likeness (QED) is 0.0893. The summed E-state index contributed by atoms with van der Waals surface area (Å²) in [5.41, 5.74) is 15.7. The minimum Gasteiger partial charge on any atom is -0.455 e. The zero-order valence-electron chi connectivity index (χ0n) is 60.6. The van der Waals surface area contributed by atoms with Gasteiger partial charge in [-0.1, -0.05) is 169 Å². The summed E-state index contributed by atoms with van der Waals surface area (Å²) >= 11 is 3.29. The maximum Gasteiger partial charge on any atom is 0.213 e. The Kier molecular flexibility index (Phi) is 34.1. The van der Waals surface area contributed by atoms with Crippen LogP contribution in [0.5, 0.6) is 23.0 Å². The van der Waals surface area contributed by atoms with Gasteiger partial charge in [0.15, 0.2) is 0 Å². The third-order valence-electron chi connectivity index (χ3n) is 19.0. The first-order valence-electron chi connectivity index (χ1n) is 34.5. The van der Waals surface area contributed by atoms with E-state index in [0.717, 1.165) is 55.1 Å². The third kappa shape index (κ3) is 19.6. The molecule has 0 radical (unpaired) electrons. The summed E-state index contributed by atoms with van der Waals surface area (Å²) in [5.74, 6) is 1.41. The molecule has 1 aliphatic carbocycles. The molecule has 0 saturated carbocycles. The van der Waals surface area contributed by atoms with E-state index in [1.807, 2.05) is 18.2 Å². The van der Waals surface area contributed by atoms with Gasteiger partial charge < -0.3 is 23.2 Å². The molecule has 0 fully saturated rings. The maximum atomic E-state index is 13.4. The van der Waals surface area contributed by atoms with Gasteiger partial charge in [0.1, 0.15) is 42.6 Å². The molecule has 598 valence electrons. The maximum absolute atomic E-state index is 13.4. The van der Waals surface area contributed by atoms with Crippen molar-refractivity contribution >= 4 is 342 Å². The summed E-state index contributed by atoms with van der Waals surface area (Å²) < 4.78 is 70.7. The van der Waals surface area contributed by atoms with Gasteiger partial charge in [0.25, 0.3) is 0 Å². The van der Waals surface area contributed by atoms with E-state index in [1.54, 1.807) is 72.8 Å². The molecule has 3 aliphatic rings. The van der Waals surface area contributed by atoms with Gasteiger partial charge in [-0.2, -0.15) is 0 Å². The Bertz CT molecular complexity index is 6240. The van der Waals surface area contributed by atoms with Crippen molar-refractivity contribution in [3.63, 3.8) is 0 Å². The Balaban J connectivity index is 0.000000133. The van der Waals surface area contributed by atoms with E-state index in [4.69, 9.17) is 9.47 Å². The molecule has 42 heteroatoms. The highest BCUT2D eigenvalue weighted by Gasteiger charge is 2.51. The summed E-state index contributed by atoms with van der Waals surface area (Å²) in [6, 6.07) is 88.6. The van der Waals surface area contributed by atoms with Crippen molar-refractivity contribution in [2.45, 2.75) is 33.4 Å². The second kappa shape index (κ2) is 41.6. The molecule has 2 aliphatic heterocycles. The average Bonchev–Trinajstić information content (AvgIpc) is 1.49. The first kappa shape index (κ1) is 95.0. The number of nitrogens with zero attached hydrogens (tertiary/aromatic N) is 3. The topological polar surface area (TPSA) is 102 Å². The number of aromatic nitrogens is 3. The summed E-state index contributed by atoms with van der Waals surface area (Å²) in [7, 11) is 45.5.